The number of fused-ring (bicyclic) bond motifs is 1. The Bertz CT molecular complexity index is 762. The van der Waals surface area contributed by atoms with E-state index in [1.165, 1.54) is 6.07 Å². The molecule has 1 aromatic heterocycles. The highest BCUT2D eigenvalue weighted by molar-refractivity contribution is 6.10. The van der Waals surface area contributed by atoms with Crippen molar-refractivity contribution in [2.24, 2.45) is 4.99 Å². The summed E-state index contributed by atoms with van der Waals surface area (Å²) in [5.74, 6) is 0.426. The zero-order valence-electron chi connectivity index (χ0n) is 9.75. The van der Waals surface area contributed by atoms with Crippen LogP contribution in [0, 0.1) is 11.3 Å². The highest BCUT2D eigenvalue weighted by Gasteiger charge is 2.22. The summed E-state index contributed by atoms with van der Waals surface area (Å²) in [5, 5.41) is 8.84. The van der Waals surface area contributed by atoms with E-state index >= 15 is 0 Å². The average molecular weight is 252 g/mol. The minimum Gasteiger partial charge on any atom is -0.327 e. The van der Waals surface area contributed by atoms with Crippen LogP contribution in [-0.4, -0.2) is 28.2 Å². The molecule has 0 bridgehead atoms. The molecule has 1 amide bonds. The molecule has 1 aromatic rings. The van der Waals surface area contributed by atoms with E-state index in [4.69, 9.17) is 5.26 Å². The van der Waals surface area contributed by atoms with Gasteiger partial charge in [0.1, 0.15) is 24.0 Å². The van der Waals surface area contributed by atoms with Gasteiger partial charge < -0.3 is 9.88 Å². The van der Waals surface area contributed by atoms with E-state index in [0.29, 0.717) is 11.4 Å². The molecule has 1 N–H and O–H groups in total. The molecule has 0 aromatic carbocycles. The summed E-state index contributed by atoms with van der Waals surface area (Å²) >= 11 is 0. The van der Waals surface area contributed by atoms with E-state index in [1.807, 2.05) is 6.07 Å². The second-order valence-electron chi connectivity index (χ2n) is 4.15. The summed E-state index contributed by atoms with van der Waals surface area (Å²) in [7, 11) is 0. The number of carbonyl (C=O) groups excluding carboxylic acids is 1. The molecule has 3 rings (SSSR count). The molecule has 0 saturated heterocycles. The molecule has 0 saturated carbocycles. The van der Waals surface area contributed by atoms with Crippen LogP contribution < -0.4 is 5.56 Å². The zero-order valence-corrected chi connectivity index (χ0v) is 9.75. The topological polar surface area (TPSA) is 89.3 Å². The molecule has 0 atom stereocenters. The van der Waals surface area contributed by atoms with E-state index < -0.39 is 5.56 Å². The zero-order chi connectivity index (χ0) is 13.4. The molecule has 0 fully saturated rings. The molecule has 92 valence electrons. The first kappa shape index (κ1) is 11.2. The summed E-state index contributed by atoms with van der Waals surface area (Å²) in [6.07, 6.45) is 6.85. The third-order valence-electron chi connectivity index (χ3n) is 2.90. The number of nitrogens with zero attached hydrogens (tertiary/aromatic N) is 3. The van der Waals surface area contributed by atoms with E-state index in [2.05, 4.69) is 9.98 Å². The molecule has 3 heterocycles. The Labute approximate surface area is 108 Å². The quantitative estimate of drug-likeness (QED) is 0.783. The van der Waals surface area contributed by atoms with Crippen LogP contribution in [0.5, 0.6) is 0 Å². The summed E-state index contributed by atoms with van der Waals surface area (Å²) < 4.78 is 0. The standard InChI is InChI=1S/C13H8N4O2/c14-4-9-3-10(5-15-13(9)19)8-1-2-11-16-12(18)7-17(11)6-8/h1-3,5-6H,7H2,(H,15,19). The van der Waals surface area contributed by atoms with Crippen LogP contribution in [0.4, 0.5) is 0 Å². The van der Waals surface area contributed by atoms with Gasteiger partial charge in [0.05, 0.1) is 0 Å². The van der Waals surface area contributed by atoms with Crippen LogP contribution in [0.15, 0.2) is 40.4 Å². The first-order valence-corrected chi connectivity index (χ1v) is 5.58. The maximum atomic E-state index is 11.3. The first-order chi connectivity index (χ1) is 9.17. The van der Waals surface area contributed by atoms with Crippen molar-refractivity contribution in [3.63, 3.8) is 0 Å². The maximum absolute atomic E-state index is 11.3. The minimum atomic E-state index is -0.412. The summed E-state index contributed by atoms with van der Waals surface area (Å²) in [6, 6.07) is 3.36. The number of amides is 1. The summed E-state index contributed by atoms with van der Waals surface area (Å²) in [4.78, 5) is 30.6. The number of aliphatic imine (C=N–C) groups is 1. The van der Waals surface area contributed by atoms with Gasteiger partial charge in [0.25, 0.3) is 11.5 Å². The maximum Gasteiger partial charge on any atom is 0.267 e. The molecular weight excluding hydrogens is 244 g/mol. The number of nitrogens with one attached hydrogen (secondary N) is 1. The molecule has 0 unspecified atom stereocenters. The van der Waals surface area contributed by atoms with E-state index in [9.17, 15) is 9.59 Å². The molecular formula is C13H8N4O2. The van der Waals surface area contributed by atoms with Gasteiger partial charge in [-0.1, -0.05) is 0 Å². The van der Waals surface area contributed by atoms with Crippen LogP contribution in [-0.2, 0) is 4.79 Å². The molecule has 0 radical (unpaired) electrons. The number of hydrogen-bond acceptors (Lipinski definition) is 4. The van der Waals surface area contributed by atoms with E-state index in [0.717, 1.165) is 5.57 Å². The van der Waals surface area contributed by atoms with Crippen LogP contribution >= 0.6 is 0 Å². The summed E-state index contributed by atoms with van der Waals surface area (Å²) in [6.45, 7) is 0.220. The van der Waals surface area contributed by atoms with Crippen LogP contribution in [0.3, 0.4) is 0 Å². The monoisotopic (exact) mass is 252 g/mol. The second kappa shape index (κ2) is 4.07. The average Bonchev–Trinajstić information content (AvgIpc) is 2.78. The Hall–Kier alpha value is -2.94. The largest absolute Gasteiger partial charge is 0.327 e. The van der Waals surface area contributed by atoms with Gasteiger partial charge in [-0.05, 0) is 23.8 Å². The second-order valence-corrected chi connectivity index (χ2v) is 4.15. The predicted octanol–water partition coefficient (Wildman–Crippen LogP) is 0.398. The SMILES string of the molecule is N#Cc1cc(C2=CN3CC(=O)N=C3C=C2)c[nH]c1=O. The normalized spacial score (nSPS) is 16.8. The Balaban J connectivity index is 2.01. The first-order valence-electron chi connectivity index (χ1n) is 5.58. The molecule has 2 aliphatic heterocycles. The highest BCUT2D eigenvalue weighted by atomic mass is 16.2. The number of aromatic amines is 1. The molecule has 6 nitrogen and oxygen atoms in total. The molecule has 0 aliphatic carbocycles. The van der Waals surface area contributed by atoms with Crippen molar-refractivity contribution >= 4 is 17.3 Å². The molecule has 19 heavy (non-hydrogen) atoms. The number of aromatic nitrogens is 1. The van der Waals surface area contributed by atoms with Crippen molar-refractivity contribution in [2.45, 2.75) is 0 Å². The van der Waals surface area contributed by atoms with Crippen molar-refractivity contribution in [3.8, 4) is 6.07 Å². The number of rotatable bonds is 1. The fourth-order valence-corrected chi connectivity index (χ4v) is 1.98. The lowest BCUT2D eigenvalue weighted by Gasteiger charge is -2.18. The van der Waals surface area contributed by atoms with Gasteiger partial charge in [0.2, 0.25) is 0 Å². The number of carbonyl (C=O) groups is 1. The Morgan fingerprint density at radius 1 is 1.37 bits per heavy atom. The number of allylic oxidation sites excluding steroid dienone is 2. The highest BCUT2D eigenvalue weighted by Crippen LogP contribution is 2.22. The van der Waals surface area contributed by atoms with Gasteiger partial charge in [0, 0.05) is 18.0 Å². The lowest BCUT2D eigenvalue weighted by atomic mass is 10.0. The van der Waals surface area contributed by atoms with Crippen molar-refractivity contribution in [1.82, 2.24) is 9.88 Å². The van der Waals surface area contributed by atoms with Crippen molar-refractivity contribution in [3.05, 3.63) is 52.1 Å². The molecule has 6 heteroatoms. The van der Waals surface area contributed by atoms with Gasteiger partial charge in [-0.15, -0.1) is 0 Å². The predicted molar refractivity (Wildman–Crippen MR) is 68.0 cm³/mol. The van der Waals surface area contributed by atoms with Gasteiger partial charge in [-0.3, -0.25) is 9.59 Å². The number of pyridine rings is 1. The van der Waals surface area contributed by atoms with E-state index in [1.54, 1.807) is 29.4 Å². The molecule has 2 aliphatic rings. The van der Waals surface area contributed by atoms with Gasteiger partial charge >= 0.3 is 0 Å². The smallest absolute Gasteiger partial charge is 0.267 e. The third-order valence-corrected chi connectivity index (χ3v) is 2.90. The molecule has 0 spiro atoms. The van der Waals surface area contributed by atoms with Crippen LogP contribution in [0.25, 0.3) is 5.57 Å². The minimum absolute atomic E-state index is 0.0590. The van der Waals surface area contributed by atoms with Gasteiger partial charge in [-0.2, -0.15) is 10.3 Å². The third kappa shape index (κ3) is 1.87. The lowest BCUT2D eigenvalue weighted by Crippen LogP contribution is -2.23. The van der Waals surface area contributed by atoms with Crippen LogP contribution in [0.1, 0.15) is 11.1 Å². The lowest BCUT2D eigenvalue weighted by molar-refractivity contribution is -0.116. The number of amidine groups is 1. The number of hydrogen-bond donors (Lipinski definition) is 1. The van der Waals surface area contributed by atoms with Crippen LogP contribution in [0.2, 0.25) is 0 Å². The van der Waals surface area contributed by atoms with Crippen molar-refractivity contribution in [2.75, 3.05) is 6.54 Å². The van der Waals surface area contributed by atoms with Crippen molar-refractivity contribution in [1.29, 1.82) is 5.26 Å². The fraction of sp³-hybridized carbons (Fsp3) is 0.0769. The van der Waals surface area contributed by atoms with Crippen molar-refractivity contribution < 1.29 is 4.79 Å². The van der Waals surface area contributed by atoms with Gasteiger partial charge in [-0.25, -0.2) is 0 Å². The Morgan fingerprint density at radius 3 is 3.00 bits per heavy atom. The Kier molecular flexibility index (Phi) is 2.39. The number of nitriles is 1. The number of H-pyrrole nitrogens is 1. The van der Waals surface area contributed by atoms with Gasteiger partial charge in [0.15, 0.2) is 0 Å². The van der Waals surface area contributed by atoms with E-state index in [-0.39, 0.29) is 18.0 Å². The summed E-state index contributed by atoms with van der Waals surface area (Å²) in [5.41, 5.74) is 1.17. The Morgan fingerprint density at radius 2 is 2.21 bits per heavy atom. The fourth-order valence-electron chi connectivity index (χ4n) is 1.98.